The standard InChI is InChI=1S/C5H9B2NO3S/c1-3(2)8-12(10,11)5(7)4(6)9/h3,8-9H,1-2H3/b5-4+. The Kier molecular flexibility index (Phi) is 3.86. The predicted octanol–water partition coefficient (Wildman–Crippen LogP) is -0.664. The van der Waals surface area contributed by atoms with E-state index in [2.05, 4.69) is 4.72 Å². The van der Waals surface area contributed by atoms with Gasteiger partial charge in [0.15, 0.2) is 7.85 Å². The van der Waals surface area contributed by atoms with Crippen molar-refractivity contribution in [3.8, 4) is 0 Å². The van der Waals surface area contributed by atoms with Gasteiger partial charge in [-0.15, -0.1) is 0 Å². The summed E-state index contributed by atoms with van der Waals surface area (Å²) in [4.78, 5) is -0.754. The first kappa shape index (κ1) is 11.6. The molecular formula is C5H9B2NO3S. The molecule has 0 unspecified atom stereocenters. The van der Waals surface area contributed by atoms with Crippen molar-refractivity contribution in [3.63, 3.8) is 0 Å². The normalized spacial score (nSPS) is 14.6. The smallest absolute Gasteiger partial charge is 0.229 e. The first-order valence-corrected chi connectivity index (χ1v) is 4.72. The monoisotopic (exact) mass is 185 g/mol. The highest BCUT2D eigenvalue weighted by Crippen LogP contribution is 2.02. The van der Waals surface area contributed by atoms with Crippen molar-refractivity contribution in [1.82, 2.24) is 4.72 Å². The molecule has 0 aliphatic rings. The van der Waals surface area contributed by atoms with Gasteiger partial charge in [0.2, 0.25) is 10.0 Å². The minimum Gasteiger partial charge on any atom is -0.524 e. The molecule has 12 heavy (non-hydrogen) atoms. The minimum absolute atomic E-state index is 0.298. The molecule has 0 heterocycles. The summed E-state index contributed by atoms with van der Waals surface area (Å²) < 4.78 is 24.2. The summed E-state index contributed by atoms with van der Waals surface area (Å²) in [5.41, 5.74) is -0.900. The van der Waals surface area contributed by atoms with Crippen LogP contribution in [0.3, 0.4) is 0 Å². The van der Waals surface area contributed by atoms with Crippen molar-refractivity contribution >= 4 is 25.7 Å². The van der Waals surface area contributed by atoms with Crippen LogP contribution in [0.15, 0.2) is 10.5 Å². The second-order valence-corrected chi connectivity index (χ2v) is 4.21. The lowest BCUT2D eigenvalue weighted by Crippen LogP contribution is -2.32. The maximum Gasteiger partial charge on any atom is 0.229 e. The third-order valence-corrected chi connectivity index (χ3v) is 2.50. The van der Waals surface area contributed by atoms with Gasteiger partial charge in [-0.05, 0) is 13.8 Å². The van der Waals surface area contributed by atoms with Gasteiger partial charge in [0.05, 0.1) is 0 Å². The van der Waals surface area contributed by atoms with Crippen LogP contribution < -0.4 is 4.72 Å². The fourth-order valence-corrected chi connectivity index (χ4v) is 1.53. The lowest BCUT2D eigenvalue weighted by Gasteiger charge is -2.10. The van der Waals surface area contributed by atoms with Gasteiger partial charge in [0.25, 0.3) is 0 Å². The van der Waals surface area contributed by atoms with Gasteiger partial charge in [-0.2, -0.15) is 0 Å². The molecule has 7 heteroatoms. The zero-order valence-electron chi connectivity index (χ0n) is 6.90. The van der Waals surface area contributed by atoms with E-state index in [1.54, 1.807) is 13.8 Å². The van der Waals surface area contributed by atoms with E-state index in [0.29, 0.717) is 0 Å². The molecule has 2 N–H and O–H groups in total. The highest BCUT2D eigenvalue weighted by molar-refractivity contribution is 7.95. The van der Waals surface area contributed by atoms with Crippen LogP contribution in [0.1, 0.15) is 13.8 Å². The van der Waals surface area contributed by atoms with E-state index < -0.39 is 20.5 Å². The number of nitrogens with one attached hydrogen (secondary N) is 1. The molecular weight excluding hydrogens is 176 g/mol. The lowest BCUT2D eigenvalue weighted by molar-refractivity contribution is 0.451. The van der Waals surface area contributed by atoms with Crippen molar-refractivity contribution in [2.45, 2.75) is 19.9 Å². The summed E-state index contributed by atoms with van der Waals surface area (Å²) in [6, 6.07) is -0.298. The van der Waals surface area contributed by atoms with Crippen molar-refractivity contribution in [2.24, 2.45) is 0 Å². The molecule has 0 atom stereocenters. The third-order valence-electron chi connectivity index (χ3n) is 0.933. The number of rotatable bonds is 3. The third kappa shape index (κ3) is 3.32. The van der Waals surface area contributed by atoms with E-state index in [9.17, 15) is 8.42 Å². The zero-order valence-corrected chi connectivity index (χ0v) is 7.72. The van der Waals surface area contributed by atoms with Crippen LogP contribution in [0.25, 0.3) is 0 Å². The maximum absolute atomic E-state index is 11.0. The molecule has 4 radical (unpaired) electrons. The molecule has 0 rings (SSSR count). The summed E-state index contributed by atoms with van der Waals surface area (Å²) in [6.45, 7) is 3.25. The Labute approximate surface area is 74.9 Å². The Morgan fingerprint density at radius 2 is 1.83 bits per heavy atom. The summed E-state index contributed by atoms with van der Waals surface area (Å²) in [5.74, 6) is 0. The van der Waals surface area contributed by atoms with E-state index in [-0.39, 0.29) is 6.04 Å². The molecule has 0 fully saturated rings. The number of hydrogen-bond donors (Lipinski definition) is 2. The van der Waals surface area contributed by atoms with Crippen molar-refractivity contribution in [2.75, 3.05) is 0 Å². The van der Waals surface area contributed by atoms with Gasteiger partial charge in [-0.1, -0.05) is 0 Å². The van der Waals surface area contributed by atoms with Gasteiger partial charge in [-0.3, -0.25) is 0 Å². The largest absolute Gasteiger partial charge is 0.524 e. The van der Waals surface area contributed by atoms with Crippen LogP contribution in [0.2, 0.25) is 0 Å². The molecule has 0 aromatic heterocycles. The van der Waals surface area contributed by atoms with Crippen molar-refractivity contribution < 1.29 is 13.5 Å². The zero-order chi connectivity index (χ0) is 9.94. The van der Waals surface area contributed by atoms with Crippen LogP contribution in [0.5, 0.6) is 0 Å². The molecule has 0 aromatic rings. The van der Waals surface area contributed by atoms with E-state index in [0.717, 1.165) is 0 Å². The summed E-state index contributed by atoms with van der Waals surface area (Å²) >= 11 is 0. The molecule has 0 aliphatic heterocycles. The number of hydrogen-bond acceptors (Lipinski definition) is 3. The molecule has 0 saturated carbocycles. The molecule has 0 bridgehead atoms. The Morgan fingerprint density at radius 3 is 2.08 bits per heavy atom. The van der Waals surface area contributed by atoms with E-state index in [4.69, 9.17) is 20.8 Å². The Morgan fingerprint density at radius 1 is 1.42 bits per heavy atom. The summed E-state index contributed by atoms with van der Waals surface area (Å²) in [6.07, 6.45) is 0. The molecule has 0 saturated heterocycles. The van der Waals surface area contributed by atoms with Crippen LogP contribution in [0.4, 0.5) is 0 Å². The molecule has 0 aromatic carbocycles. The highest BCUT2D eigenvalue weighted by Gasteiger charge is 2.15. The molecule has 64 valence electrons. The summed E-state index contributed by atoms with van der Waals surface area (Å²) in [7, 11) is 5.96. The van der Waals surface area contributed by atoms with Crippen LogP contribution in [-0.2, 0) is 10.0 Å². The van der Waals surface area contributed by atoms with Crippen molar-refractivity contribution in [1.29, 1.82) is 0 Å². The van der Waals surface area contributed by atoms with Gasteiger partial charge in [0.1, 0.15) is 7.85 Å². The van der Waals surface area contributed by atoms with Crippen LogP contribution in [-0.4, -0.2) is 35.3 Å². The van der Waals surface area contributed by atoms with E-state index in [1.165, 1.54) is 0 Å². The molecule has 0 spiro atoms. The topological polar surface area (TPSA) is 66.4 Å². The van der Waals surface area contributed by atoms with Crippen molar-refractivity contribution in [3.05, 3.63) is 10.5 Å². The molecule has 4 nitrogen and oxygen atoms in total. The van der Waals surface area contributed by atoms with E-state index in [1.807, 2.05) is 0 Å². The molecule has 0 aliphatic carbocycles. The lowest BCUT2D eigenvalue weighted by atomic mass is 9.99. The fourth-order valence-electron chi connectivity index (χ4n) is 0.511. The number of sulfonamides is 1. The summed E-state index contributed by atoms with van der Waals surface area (Å²) in [5, 5.41) is 8.58. The van der Waals surface area contributed by atoms with Crippen LogP contribution in [0, 0.1) is 0 Å². The first-order chi connectivity index (χ1) is 5.27. The SMILES string of the molecule is [B]/C(O)=C(/[B])S(=O)(=O)NC(C)C. The Bertz CT molecular complexity index is 279. The highest BCUT2D eigenvalue weighted by atomic mass is 32.2. The minimum atomic E-state index is -3.83. The number of aliphatic hydroxyl groups is 1. The Hall–Kier alpha value is -0.420. The van der Waals surface area contributed by atoms with Gasteiger partial charge >= 0.3 is 0 Å². The predicted molar refractivity (Wildman–Crippen MR) is 48.4 cm³/mol. The van der Waals surface area contributed by atoms with Gasteiger partial charge in [0, 0.05) is 16.5 Å². The van der Waals surface area contributed by atoms with E-state index >= 15 is 0 Å². The maximum atomic E-state index is 11.0. The first-order valence-electron chi connectivity index (χ1n) is 3.24. The average molecular weight is 185 g/mol. The molecule has 0 amide bonds. The number of aliphatic hydroxyl groups excluding tert-OH is 1. The Balaban J connectivity index is 4.78. The second kappa shape index (κ2) is 4.00. The fraction of sp³-hybridized carbons (Fsp3) is 0.600. The van der Waals surface area contributed by atoms with Gasteiger partial charge < -0.3 is 5.11 Å². The quantitative estimate of drug-likeness (QED) is 0.452. The second-order valence-electron chi connectivity index (χ2n) is 2.53. The average Bonchev–Trinajstić information content (AvgIpc) is 1.82. The van der Waals surface area contributed by atoms with Gasteiger partial charge in [-0.25, -0.2) is 13.1 Å². The van der Waals surface area contributed by atoms with Crippen LogP contribution >= 0.6 is 0 Å².